The van der Waals surface area contributed by atoms with Crippen LogP contribution in [0, 0.1) is 0 Å². The summed E-state index contributed by atoms with van der Waals surface area (Å²) in [5.74, 6) is -0.637. The van der Waals surface area contributed by atoms with Gasteiger partial charge in [0.15, 0.2) is 0 Å². The van der Waals surface area contributed by atoms with Gasteiger partial charge in [0.1, 0.15) is 5.78 Å². The molecule has 2 aromatic rings. The van der Waals surface area contributed by atoms with Gasteiger partial charge < -0.3 is 5.32 Å². The van der Waals surface area contributed by atoms with Crippen LogP contribution < -0.4 is 5.32 Å². The molecule has 2 rings (SSSR count). The molecule has 0 heterocycles. The molecule has 7 heteroatoms. The molecule has 21 heavy (non-hydrogen) atoms. The fraction of sp³-hybridized carbons (Fsp3) is 0.143. The maximum Gasteiger partial charge on any atom is 0.294 e. The van der Waals surface area contributed by atoms with Gasteiger partial charge in [-0.05, 0) is 42.0 Å². The van der Waals surface area contributed by atoms with Crippen LogP contribution in [0.3, 0.4) is 0 Å². The normalized spacial score (nSPS) is 11.3. The lowest BCUT2D eigenvalue weighted by atomic mass is 10.1. The van der Waals surface area contributed by atoms with Crippen molar-refractivity contribution in [2.45, 2.75) is 18.2 Å². The molecule has 0 aromatic heterocycles. The molecule has 0 aliphatic heterocycles. The van der Waals surface area contributed by atoms with Gasteiger partial charge in [0.25, 0.3) is 10.1 Å². The maximum absolute atomic E-state index is 11.5. The summed E-state index contributed by atoms with van der Waals surface area (Å²) in [6, 6.07) is 9.01. The molecule has 6 nitrogen and oxygen atoms in total. The van der Waals surface area contributed by atoms with Gasteiger partial charge in [-0.15, -0.1) is 0 Å². The molecule has 0 spiro atoms. The van der Waals surface area contributed by atoms with Gasteiger partial charge >= 0.3 is 0 Å². The Labute approximate surface area is 121 Å². The number of Topliss-reactive ketones (excluding diaryl/α,β-unsaturated/α-hetero) is 1. The molecule has 0 atom stereocenters. The molecule has 110 valence electrons. The van der Waals surface area contributed by atoms with Gasteiger partial charge in [-0.1, -0.05) is 12.1 Å². The number of hydrogen-bond acceptors (Lipinski definition) is 4. The van der Waals surface area contributed by atoms with E-state index in [0.717, 1.165) is 0 Å². The number of nitrogens with one attached hydrogen (secondary N) is 1. The third-order valence-electron chi connectivity index (χ3n) is 2.80. The number of rotatable bonds is 4. The summed E-state index contributed by atoms with van der Waals surface area (Å²) in [6.07, 6.45) is -0.195. The molecule has 0 saturated carbocycles. The Morgan fingerprint density at radius 1 is 1.10 bits per heavy atom. The molecule has 1 amide bonds. The third kappa shape index (κ3) is 3.87. The number of benzene rings is 2. The Morgan fingerprint density at radius 3 is 2.33 bits per heavy atom. The Kier molecular flexibility index (Phi) is 4.06. The molecule has 0 saturated heterocycles. The van der Waals surface area contributed by atoms with E-state index in [4.69, 9.17) is 4.55 Å². The Balaban J connectivity index is 2.31. The first-order valence-electron chi connectivity index (χ1n) is 6.06. The Morgan fingerprint density at radius 2 is 1.71 bits per heavy atom. The van der Waals surface area contributed by atoms with Crippen molar-refractivity contribution in [2.24, 2.45) is 0 Å². The Hall–Kier alpha value is -2.25. The van der Waals surface area contributed by atoms with Crippen molar-refractivity contribution in [3.8, 4) is 0 Å². The molecule has 0 bridgehead atoms. The highest BCUT2D eigenvalue weighted by molar-refractivity contribution is 7.85. The molecule has 0 unspecified atom stereocenters. The second-order valence-electron chi connectivity index (χ2n) is 4.63. The molecule has 2 N–H and O–H groups in total. The largest absolute Gasteiger partial charge is 0.326 e. The molecule has 2 aromatic carbocycles. The maximum atomic E-state index is 11.5. The number of amides is 1. The number of anilines is 1. The fourth-order valence-electron chi connectivity index (χ4n) is 1.89. The lowest BCUT2D eigenvalue weighted by Crippen LogP contribution is -2.14. The van der Waals surface area contributed by atoms with Crippen molar-refractivity contribution in [1.29, 1.82) is 0 Å². The average molecular weight is 307 g/mol. The summed E-state index contributed by atoms with van der Waals surface area (Å²) in [7, 11) is -4.24. The van der Waals surface area contributed by atoms with Crippen molar-refractivity contribution in [1.82, 2.24) is 0 Å². The number of carbonyl (C=O) groups is 2. The number of hydrogen-bond donors (Lipinski definition) is 2. The van der Waals surface area contributed by atoms with E-state index in [9.17, 15) is 18.0 Å². The monoisotopic (exact) mass is 307 g/mol. The van der Waals surface area contributed by atoms with Crippen molar-refractivity contribution in [3.63, 3.8) is 0 Å². The average Bonchev–Trinajstić information content (AvgIpc) is 2.35. The summed E-state index contributed by atoms with van der Waals surface area (Å²) >= 11 is 0. The second kappa shape index (κ2) is 5.63. The first-order chi connectivity index (χ1) is 9.75. The van der Waals surface area contributed by atoms with E-state index < -0.39 is 16.0 Å². The first-order valence-corrected chi connectivity index (χ1v) is 7.50. The molecule has 0 aliphatic carbocycles. The second-order valence-corrected chi connectivity index (χ2v) is 6.05. The lowest BCUT2D eigenvalue weighted by Gasteiger charge is -2.06. The van der Waals surface area contributed by atoms with E-state index in [1.54, 1.807) is 18.2 Å². The van der Waals surface area contributed by atoms with Crippen LogP contribution >= 0.6 is 0 Å². The van der Waals surface area contributed by atoms with E-state index in [0.29, 0.717) is 16.5 Å². The zero-order valence-electron chi connectivity index (χ0n) is 11.2. The van der Waals surface area contributed by atoms with E-state index in [2.05, 4.69) is 5.32 Å². The number of ketones is 1. The van der Waals surface area contributed by atoms with Gasteiger partial charge in [-0.3, -0.25) is 14.1 Å². The molecular formula is C14H13NO5S. The minimum Gasteiger partial charge on any atom is -0.326 e. The predicted octanol–water partition coefficient (Wildman–Crippen LogP) is 2.00. The van der Waals surface area contributed by atoms with Crippen LogP contribution in [-0.4, -0.2) is 24.7 Å². The highest BCUT2D eigenvalue weighted by Gasteiger charge is 2.10. The number of carbonyl (C=O) groups excluding carboxylic acids is 2. The summed E-state index contributed by atoms with van der Waals surface area (Å²) in [6.45, 7) is 1.33. The van der Waals surface area contributed by atoms with Crippen molar-refractivity contribution in [2.75, 3.05) is 5.32 Å². The topological polar surface area (TPSA) is 101 Å². The summed E-state index contributed by atoms with van der Waals surface area (Å²) in [5, 5.41) is 3.89. The van der Waals surface area contributed by atoms with Gasteiger partial charge in [-0.25, -0.2) is 0 Å². The van der Waals surface area contributed by atoms with Gasteiger partial charge in [-0.2, -0.15) is 8.42 Å². The highest BCUT2D eigenvalue weighted by Crippen LogP contribution is 2.22. The van der Waals surface area contributed by atoms with Gasteiger partial charge in [0.2, 0.25) is 5.91 Å². The van der Waals surface area contributed by atoms with Crippen LogP contribution in [0.1, 0.15) is 13.3 Å². The Bertz CT molecular complexity index is 826. The van der Waals surface area contributed by atoms with E-state index in [1.807, 2.05) is 0 Å². The predicted molar refractivity (Wildman–Crippen MR) is 77.7 cm³/mol. The minimum absolute atomic E-state index is 0.191. The van der Waals surface area contributed by atoms with Crippen molar-refractivity contribution in [3.05, 3.63) is 36.4 Å². The van der Waals surface area contributed by atoms with Crippen LogP contribution in [0.5, 0.6) is 0 Å². The van der Waals surface area contributed by atoms with Crippen molar-refractivity contribution >= 4 is 38.3 Å². The van der Waals surface area contributed by atoms with E-state index in [-0.39, 0.29) is 17.1 Å². The standard InChI is InChI=1S/C14H13NO5S/c1-9(16)6-14(17)15-12-4-2-11-8-13(21(18,19)20)5-3-10(11)7-12/h2-5,7-8H,6H2,1H3,(H,15,17)(H,18,19,20). The SMILES string of the molecule is CC(=O)CC(=O)Nc1ccc2cc(S(=O)(=O)O)ccc2c1. The van der Waals surface area contributed by atoms with Crippen LogP contribution in [0.2, 0.25) is 0 Å². The molecule has 0 aliphatic rings. The fourth-order valence-corrected chi connectivity index (χ4v) is 2.41. The molecular weight excluding hydrogens is 294 g/mol. The molecule has 0 fully saturated rings. The zero-order valence-corrected chi connectivity index (χ0v) is 12.0. The lowest BCUT2D eigenvalue weighted by molar-refractivity contribution is -0.124. The molecule has 0 radical (unpaired) electrons. The van der Waals surface area contributed by atoms with Crippen molar-refractivity contribution < 1.29 is 22.6 Å². The third-order valence-corrected chi connectivity index (χ3v) is 3.65. The summed E-state index contributed by atoms with van der Waals surface area (Å²) < 4.78 is 31.1. The summed E-state index contributed by atoms with van der Waals surface area (Å²) in [5.41, 5.74) is 0.508. The van der Waals surface area contributed by atoms with E-state index >= 15 is 0 Å². The van der Waals surface area contributed by atoms with Gasteiger partial charge in [0, 0.05) is 5.69 Å². The quantitative estimate of drug-likeness (QED) is 0.664. The first kappa shape index (κ1) is 15.1. The summed E-state index contributed by atoms with van der Waals surface area (Å²) in [4.78, 5) is 22.2. The minimum atomic E-state index is -4.24. The van der Waals surface area contributed by atoms with Crippen LogP contribution in [0.25, 0.3) is 10.8 Å². The van der Waals surface area contributed by atoms with Crippen LogP contribution in [0.4, 0.5) is 5.69 Å². The van der Waals surface area contributed by atoms with Crippen LogP contribution in [0.15, 0.2) is 41.3 Å². The smallest absolute Gasteiger partial charge is 0.294 e. The zero-order chi connectivity index (χ0) is 15.6. The highest BCUT2D eigenvalue weighted by atomic mass is 32.2. The number of fused-ring (bicyclic) bond motifs is 1. The van der Waals surface area contributed by atoms with E-state index in [1.165, 1.54) is 25.1 Å². The van der Waals surface area contributed by atoms with Gasteiger partial charge in [0.05, 0.1) is 11.3 Å². The van der Waals surface area contributed by atoms with Crippen LogP contribution in [-0.2, 0) is 19.7 Å².